The summed E-state index contributed by atoms with van der Waals surface area (Å²) in [5, 5.41) is 15.6. The Labute approximate surface area is 277 Å². The number of rotatable bonds is 8. The van der Waals surface area contributed by atoms with Gasteiger partial charge in [0.15, 0.2) is 11.6 Å². The van der Waals surface area contributed by atoms with Gasteiger partial charge in [-0.1, -0.05) is 18.5 Å². The summed E-state index contributed by atoms with van der Waals surface area (Å²) >= 11 is 6.80. The zero-order valence-corrected chi connectivity index (χ0v) is 27.9. The van der Waals surface area contributed by atoms with Crippen molar-refractivity contribution in [3.63, 3.8) is 0 Å². The first-order valence-corrected chi connectivity index (χ1v) is 16.1. The van der Waals surface area contributed by atoms with Crippen LogP contribution >= 0.6 is 11.6 Å². The fourth-order valence-corrected chi connectivity index (χ4v) is 6.77. The molecule has 0 bridgehead atoms. The number of aliphatic hydroxyl groups is 1. The normalized spacial score (nSPS) is 15.7. The molecule has 2 aliphatic heterocycles. The number of pyridine rings is 1. The number of likely N-dealkylation sites (N-methyl/N-ethyl adjacent to an activating group) is 1. The molecular formula is C33H39ClFN9O3. The Morgan fingerprint density at radius 2 is 1.55 bits per heavy atom. The number of hydrogen-bond donors (Lipinski definition) is 3. The quantitative estimate of drug-likeness (QED) is 0.258. The third-order valence-corrected chi connectivity index (χ3v) is 9.44. The number of anilines is 2. The third kappa shape index (κ3) is 6.40. The van der Waals surface area contributed by atoms with Gasteiger partial charge in [-0.15, -0.1) is 0 Å². The van der Waals surface area contributed by atoms with E-state index < -0.39 is 23.7 Å². The maximum Gasteiger partial charge on any atom is 0.291 e. The minimum atomic E-state index is -0.596. The second-order valence-corrected chi connectivity index (χ2v) is 12.7. The summed E-state index contributed by atoms with van der Waals surface area (Å²) in [4.78, 5) is 44.9. The molecule has 1 aromatic carbocycles. The molecule has 0 saturated heterocycles. The number of β-amino-alcohol motifs (C(OH)–C–C–N with tert-alkyl or cyclic N) is 1. The summed E-state index contributed by atoms with van der Waals surface area (Å²) in [6, 6.07) is 4.12. The molecule has 1 atom stereocenters. The van der Waals surface area contributed by atoms with Gasteiger partial charge in [-0.25, -0.2) is 14.4 Å². The van der Waals surface area contributed by atoms with Crippen molar-refractivity contribution in [2.24, 2.45) is 14.1 Å². The standard InChI is InChI=1S/C33H39ClFN9O3/c1-6-43-11-8-26-24(16-43)37-30(41(26)4)32(46)39-22-7-10-36-29(28(22)34)21-13-20(35)14-23(19(21)3)40-33(47)31-38-25-17-44(15-18(2)45)12-9-27(25)42(31)5/h7,10,13-14,18,45H,6,8-9,11-12,15-17H2,1-5H3,(H,40,47)(H,36,39,46). The van der Waals surface area contributed by atoms with Crippen LogP contribution in [0, 0.1) is 12.7 Å². The number of aliphatic hydroxyl groups excluding tert-OH is 1. The van der Waals surface area contributed by atoms with Gasteiger partial charge in [0.25, 0.3) is 11.8 Å². The highest BCUT2D eigenvalue weighted by Gasteiger charge is 2.28. The summed E-state index contributed by atoms with van der Waals surface area (Å²) in [6.07, 6.45) is 2.52. The van der Waals surface area contributed by atoms with E-state index in [9.17, 15) is 14.7 Å². The van der Waals surface area contributed by atoms with Gasteiger partial charge in [0.1, 0.15) is 5.82 Å². The van der Waals surface area contributed by atoms with E-state index in [1.807, 2.05) is 11.6 Å². The number of carbonyl (C=O) groups is 2. The molecule has 14 heteroatoms. The van der Waals surface area contributed by atoms with Crippen molar-refractivity contribution in [3.8, 4) is 11.3 Å². The summed E-state index contributed by atoms with van der Waals surface area (Å²) < 4.78 is 18.7. The van der Waals surface area contributed by atoms with Crippen LogP contribution in [0.15, 0.2) is 24.4 Å². The van der Waals surface area contributed by atoms with E-state index >= 15 is 4.39 Å². The number of hydrogen-bond acceptors (Lipinski definition) is 8. The Morgan fingerprint density at radius 3 is 2.15 bits per heavy atom. The maximum absolute atomic E-state index is 15.1. The molecule has 0 aliphatic carbocycles. The van der Waals surface area contributed by atoms with Crippen LogP contribution in [0.4, 0.5) is 15.8 Å². The molecule has 1 unspecified atom stereocenters. The summed E-state index contributed by atoms with van der Waals surface area (Å²) in [5.74, 6) is -1.01. The maximum atomic E-state index is 15.1. The highest BCUT2D eigenvalue weighted by molar-refractivity contribution is 6.36. The van der Waals surface area contributed by atoms with E-state index in [2.05, 4.69) is 42.3 Å². The van der Waals surface area contributed by atoms with E-state index in [1.54, 1.807) is 31.5 Å². The Balaban J connectivity index is 1.24. The fraction of sp³-hybridized carbons (Fsp3) is 0.424. The second-order valence-electron chi connectivity index (χ2n) is 12.3. The molecule has 47 heavy (non-hydrogen) atoms. The lowest BCUT2D eigenvalue weighted by Gasteiger charge is -2.27. The van der Waals surface area contributed by atoms with Gasteiger partial charge in [0.2, 0.25) is 0 Å². The van der Waals surface area contributed by atoms with Crippen molar-refractivity contribution in [2.45, 2.75) is 52.8 Å². The predicted molar refractivity (Wildman–Crippen MR) is 177 cm³/mol. The SMILES string of the molecule is CCN1CCc2c(nc(C(=O)Nc3ccnc(-c4cc(F)cc(NC(=O)c5nc6c(n5C)CCN(CC(C)O)C6)c4C)c3Cl)n2C)C1. The molecule has 0 saturated carbocycles. The van der Waals surface area contributed by atoms with Crippen molar-refractivity contribution >= 4 is 34.8 Å². The van der Waals surface area contributed by atoms with Crippen LogP contribution in [0.5, 0.6) is 0 Å². The van der Waals surface area contributed by atoms with Gasteiger partial charge in [-0.05, 0) is 44.2 Å². The van der Waals surface area contributed by atoms with Gasteiger partial charge in [0.05, 0.1) is 33.9 Å². The van der Waals surface area contributed by atoms with Crippen molar-refractivity contribution < 1.29 is 19.1 Å². The molecule has 0 fully saturated rings. The summed E-state index contributed by atoms with van der Waals surface area (Å²) in [5.41, 5.74) is 5.36. The van der Waals surface area contributed by atoms with Crippen LogP contribution in [0.25, 0.3) is 11.3 Å². The molecule has 2 aliphatic rings. The molecule has 3 aromatic heterocycles. The van der Waals surface area contributed by atoms with Gasteiger partial charge in [-0.3, -0.25) is 24.4 Å². The van der Waals surface area contributed by atoms with Crippen LogP contribution in [0.3, 0.4) is 0 Å². The van der Waals surface area contributed by atoms with Gasteiger partial charge < -0.3 is 24.9 Å². The van der Waals surface area contributed by atoms with Gasteiger partial charge >= 0.3 is 0 Å². The summed E-state index contributed by atoms with van der Waals surface area (Å²) in [6.45, 7) is 9.89. The Kier molecular flexibility index (Phi) is 9.16. The van der Waals surface area contributed by atoms with E-state index in [-0.39, 0.29) is 28.1 Å². The van der Waals surface area contributed by atoms with Crippen LogP contribution in [-0.4, -0.2) is 83.1 Å². The molecule has 4 aromatic rings. The second kappa shape index (κ2) is 13.1. The molecule has 0 radical (unpaired) electrons. The number of nitrogens with one attached hydrogen (secondary N) is 2. The molecular weight excluding hydrogens is 625 g/mol. The average molecular weight is 664 g/mol. The number of amides is 2. The average Bonchev–Trinajstić information content (AvgIpc) is 3.55. The van der Waals surface area contributed by atoms with Gasteiger partial charge in [0, 0.05) is 88.5 Å². The number of fused-ring (bicyclic) bond motifs is 2. The highest BCUT2D eigenvalue weighted by Crippen LogP contribution is 2.37. The number of halogens is 2. The fourth-order valence-electron chi connectivity index (χ4n) is 6.51. The smallest absolute Gasteiger partial charge is 0.291 e. The van der Waals surface area contributed by atoms with Crippen molar-refractivity contribution in [3.05, 3.63) is 75.2 Å². The highest BCUT2D eigenvalue weighted by atomic mass is 35.5. The first kappa shape index (κ1) is 32.8. The lowest BCUT2D eigenvalue weighted by atomic mass is 10.0. The van der Waals surface area contributed by atoms with E-state index in [0.717, 1.165) is 48.8 Å². The topological polar surface area (TPSA) is 133 Å². The zero-order chi connectivity index (χ0) is 33.6. The molecule has 248 valence electrons. The van der Waals surface area contributed by atoms with Crippen molar-refractivity contribution in [1.82, 2.24) is 33.9 Å². The van der Waals surface area contributed by atoms with Crippen molar-refractivity contribution in [2.75, 3.05) is 36.8 Å². The Morgan fingerprint density at radius 1 is 0.979 bits per heavy atom. The Hall–Kier alpha value is -4.17. The minimum absolute atomic E-state index is 0.126. The van der Waals surface area contributed by atoms with Gasteiger partial charge in [-0.2, -0.15) is 0 Å². The van der Waals surface area contributed by atoms with E-state index in [0.29, 0.717) is 42.9 Å². The molecule has 2 amide bonds. The van der Waals surface area contributed by atoms with Crippen LogP contribution < -0.4 is 10.6 Å². The first-order valence-electron chi connectivity index (χ1n) is 15.7. The molecule has 0 spiro atoms. The molecule has 3 N–H and O–H groups in total. The lowest BCUT2D eigenvalue weighted by Crippen LogP contribution is -2.36. The first-order chi connectivity index (χ1) is 22.4. The zero-order valence-electron chi connectivity index (χ0n) is 27.2. The number of imidazole rings is 2. The third-order valence-electron chi connectivity index (χ3n) is 9.06. The molecule has 12 nitrogen and oxygen atoms in total. The number of aromatic nitrogens is 5. The van der Waals surface area contributed by atoms with Crippen molar-refractivity contribution in [1.29, 1.82) is 0 Å². The molecule has 5 heterocycles. The number of nitrogens with zero attached hydrogens (tertiary/aromatic N) is 7. The molecule has 6 rings (SSSR count). The number of carbonyl (C=O) groups excluding carboxylic acids is 2. The predicted octanol–water partition coefficient (Wildman–Crippen LogP) is 3.94. The largest absolute Gasteiger partial charge is 0.392 e. The van der Waals surface area contributed by atoms with Crippen LogP contribution in [0.1, 0.15) is 63.4 Å². The monoisotopic (exact) mass is 663 g/mol. The van der Waals surface area contributed by atoms with Crippen LogP contribution in [-0.2, 0) is 40.0 Å². The number of benzene rings is 1. The minimum Gasteiger partial charge on any atom is -0.392 e. The van der Waals surface area contributed by atoms with Crippen LogP contribution in [0.2, 0.25) is 5.02 Å². The summed E-state index contributed by atoms with van der Waals surface area (Å²) in [7, 11) is 3.62. The Bertz CT molecular complexity index is 1870. The van der Waals surface area contributed by atoms with E-state index in [1.165, 1.54) is 18.3 Å². The van der Waals surface area contributed by atoms with E-state index in [4.69, 9.17) is 11.6 Å². The lowest BCUT2D eigenvalue weighted by molar-refractivity contribution is 0.100.